The number of carbonyl (C=O) groups is 2. The van der Waals surface area contributed by atoms with Crippen molar-refractivity contribution in [1.82, 2.24) is 4.90 Å². The maximum Gasteiger partial charge on any atom is 0.244 e. The lowest BCUT2D eigenvalue weighted by molar-refractivity contribution is -0.144. The standard InChI is InChI=1S/C21H26N2O5S/c1-3-8-15-18(21(26)23(20(15)25)16(4-2)19(22)24)29(27,28)17-12-7-10-13-9-5-6-11-14(13)17/h5-7,9-12,15-16,18,20,25H,3-4,8H2,1-2H3,(H2,22,24)/t15-,16+,18?,20?/m1/s1. The fourth-order valence-electron chi connectivity index (χ4n) is 4.27. The summed E-state index contributed by atoms with van der Waals surface area (Å²) in [5.74, 6) is -2.38. The maximum absolute atomic E-state index is 13.6. The molecule has 1 heterocycles. The highest BCUT2D eigenvalue weighted by Crippen LogP contribution is 2.39. The van der Waals surface area contributed by atoms with Crippen molar-refractivity contribution >= 4 is 32.4 Å². The molecule has 0 bridgehead atoms. The quantitative estimate of drug-likeness (QED) is 0.711. The Morgan fingerprint density at radius 2 is 1.83 bits per heavy atom. The predicted molar refractivity (Wildman–Crippen MR) is 109 cm³/mol. The molecule has 1 fully saturated rings. The normalized spacial score (nSPS) is 23.5. The monoisotopic (exact) mass is 418 g/mol. The average molecular weight is 419 g/mol. The highest BCUT2D eigenvalue weighted by molar-refractivity contribution is 7.93. The molecule has 1 aliphatic heterocycles. The zero-order valence-electron chi connectivity index (χ0n) is 16.5. The molecule has 4 atom stereocenters. The van der Waals surface area contributed by atoms with Crippen LogP contribution in [0.2, 0.25) is 0 Å². The molecule has 3 N–H and O–H groups in total. The van der Waals surface area contributed by atoms with E-state index in [1.54, 1.807) is 37.3 Å². The molecule has 2 aromatic rings. The number of rotatable bonds is 7. The van der Waals surface area contributed by atoms with Gasteiger partial charge in [-0.1, -0.05) is 56.7 Å². The van der Waals surface area contributed by atoms with Crippen molar-refractivity contribution in [2.24, 2.45) is 11.7 Å². The number of primary amides is 1. The molecule has 2 amide bonds. The highest BCUT2D eigenvalue weighted by Gasteiger charge is 2.56. The minimum absolute atomic E-state index is 0.0521. The Morgan fingerprint density at radius 3 is 2.45 bits per heavy atom. The number of sulfone groups is 1. The van der Waals surface area contributed by atoms with Gasteiger partial charge in [0, 0.05) is 11.3 Å². The van der Waals surface area contributed by atoms with Gasteiger partial charge in [-0.05, 0) is 24.3 Å². The van der Waals surface area contributed by atoms with Crippen LogP contribution in [-0.4, -0.2) is 47.8 Å². The van der Waals surface area contributed by atoms with E-state index in [1.165, 1.54) is 6.07 Å². The first-order chi connectivity index (χ1) is 13.8. The summed E-state index contributed by atoms with van der Waals surface area (Å²) in [6.07, 6.45) is -0.280. The topological polar surface area (TPSA) is 118 Å². The number of hydrogen-bond acceptors (Lipinski definition) is 5. The number of aliphatic hydroxyl groups is 1. The van der Waals surface area contributed by atoms with E-state index in [0.717, 1.165) is 10.3 Å². The Balaban J connectivity index is 2.15. The van der Waals surface area contributed by atoms with Crippen LogP contribution in [0.15, 0.2) is 47.4 Å². The summed E-state index contributed by atoms with van der Waals surface area (Å²) in [5, 5.41) is 10.6. The van der Waals surface area contributed by atoms with Crippen LogP contribution in [0.25, 0.3) is 10.8 Å². The number of carbonyl (C=O) groups excluding carboxylic acids is 2. The molecule has 7 nitrogen and oxygen atoms in total. The van der Waals surface area contributed by atoms with Gasteiger partial charge < -0.3 is 15.7 Å². The summed E-state index contributed by atoms with van der Waals surface area (Å²) < 4.78 is 27.3. The molecule has 29 heavy (non-hydrogen) atoms. The molecule has 0 aromatic heterocycles. The number of aliphatic hydroxyl groups excluding tert-OH is 1. The highest BCUT2D eigenvalue weighted by atomic mass is 32.2. The third-order valence-electron chi connectivity index (χ3n) is 5.62. The molecule has 2 aromatic carbocycles. The van der Waals surface area contributed by atoms with Gasteiger partial charge in [0.2, 0.25) is 11.8 Å². The van der Waals surface area contributed by atoms with E-state index in [-0.39, 0.29) is 11.3 Å². The SMILES string of the molecule is CCC[C@H]1C(O)N([C@@H](CC)C(N)=O)C(=O)C1S(=O)(=O)c1cccc2ccccc12. The summed E-state index contributed by atoms with van der Waals surface area (Å²) in [6, 6.07) is 10.9. The summed E-state index contributed by atoms with van der Waals surface area (Å²) in [6.45, 7) is 3.52. The second-order valence-electron chi connectivity index (χ2n) is 7.38. The van der Waals surface area contributed by atoms with Gasteiger partial charge in [0.05, 0.1) is 4.90 Å². The van der Waals surface area contributed by atoms with Crippen LogP contribution in [0, 0.1) is 5.92 Å². The third kappa shape index (κ3) is 3.51. The first-order valence-corrected chi connectivity index (χ1v) is 11.3. The van der Waals surface area contributed by atoms with Gasteiger partial charge in [0.25, 0.3) is 0 Å². The smallest absolute Gasteiger partial charge is 0.244 e. The van der Waals surface area contributed by atoms with Gasteiger partial charge in [-0.3, -0.25) is 9.59 Å². The number of fused-ring (bicyclic) bond motifs is 1. The molecule has 1 aliphatic rings. The van der Waals surface area contributed by atoms with Crippen molar-refractivity contribution < 1.29 is 23.1 Å². The predicted octanol–water partition coefficient (Wildman–Crippen LogP) is 1.82. The summed E-state index contributed by atoms with van der Waals surface area (Å²) in [5.41, 5.74) is 5.42. The van der Waals surface area contributed by atoms with Gasteiger partial charge in [-0.25, -0.2) is 8.42 Å². The lowest BCUT2D eigenvalue weighted by Crippen LogP contribution is -2.50. The first-order valence-electron chi connectivity index (χ1n) is 9.76. The van der Waals surface area contributed by atoms with Crippen molar-refractivity contribution in [2.75, 3.05) is 0 Å². The second kappa shape index (κ2) is 8.12. The molecule has 156 valence electrons. The fraction of sp³-hybridized carbons (Fsp3) is 0.429. The van der Waals surface area contributed by atoms with Gasteiger partial charge >= 0.3 is 0 Å². The van der Waals surface area contributed by atoms with E-state index < -0.39 is 45.1 Å². The zero-order chi connectivity index (χ0) is 21.3. The van der Waals surface area contributed by atoms with Crippen LogP contribution in [0.3, 0.4) is 0 Å². The van der Waals surface area contributed by atoms with Crippen LogP contribution in [0.5, 0.6) is 0 Å². The molecule has 1 saturated heterocycles. The Labute approximate surface area is 170 Å². The van der Waals surface area contributed by atoms with Crippen LogP contribution >= 0.6 is 0 Å². The van der Waals surface area contributed by atoms with Crippen LogP contribution in [-0.2, 0) is 19.4 Å². The van der Waals surface area contributed by atoms with E-state index in [4.69, 9.17) is 5.73 Å². The van der Waals surface area contributed by atoms with Crippen molar-refractivity contribution in [3.63, 3.8) is 0 Å². The largest absolute Gasteiger partial charge is 0.373 e. The molecule has 0 aliphatic carbocycles. The Hall–Kier alpha value is -2.45. The van der Waals surface area contributed by atoms with E-state index in [1.807, 2.05) is 13.0 Å². The number of amides is 2. The van der Waals surface area contributed by atoms with Crippen molar-refractivity contribution in [2.45, 2.75) is 55.5 Å². The van der Waals surface area contributed by atoms with E-state index in [0.29, 0.717) is 18.2 Å². The van der Waals surface area contributed by atoms with Gasteiger partial charge in [0.15, 0.2) is 15.1 Å². The lowest BCUT2D eigenvalue weighted by Gasteiger charge is -2.28. The van der Waals surface area contributed by atoms with Crippen LogP contribution in [0.1, 0.15) is 33.1 Å². The van der Waals surface area contributed by atoms with Crippen molar-refractivity contribution in [3.8, 4) is 0 Å². The molecule has 0 radical (unpaired) electrons. The molecule has 3 rings (SSSR count). The first kappa shape index (κ1) is 21.3. The maximum atomic E-state index is 13.6. The molecule has 0 saturated carbocycles. The molecule has 8 heteroatoms. The van der Waals surface area contributed by atoms with Gasteiger partial charge in [-0.15, -0.1) is 0 Å². The Bertz CT molecular complexity index is 1030. The zero-order valence-corrected chi connectivity index (χ0v) is 17.3. The van der Waals surface area contributed by atoms with Crippen LogP contribution in [0.4, 0.5) is 0 Å². The van der Waals surface area contributed by atoms with Crippen molar-refractivity contribution in [3.05, 3.63) is 42.5 Å². The van der Waals surface area contributed by atoms with E-state index in [2.05, 4.69) is 0 Å². The number of likely N-dealkylation sites (tertiary alicyclic amines) is 1. The van der Waals surface area contributed by atoms with Crippen molar-refractivity contribution in [1.29, 1.82) is 0 Å². The van der Waals surface area contributed by atoms with E-state index >= 15 is 0 Å². The molecular weight excluding hydrogens is 392 g/mol. The van der Waals surface area contributed by atoms with E-state index in [9.17, 15) is 23.1 Å². The van der Waals surface area contributed by atoms with Crippen LogP contribution < -0.4 is 5.73 Å². The molecule has 0 spiro atoms. The fourth-order valence-corrected chi connectivity index (χ4v) is 6.43. The summed E-state index contributed by atoms with van der Waals surface area (Å²) in [7, 11) is -4.12. The lowest BCUT2D eigenvalue weighted by atomic mass is 10.0. The van der Waals surface area contributed by atoms with Gasteiger partial charge in [0.1, 0.15) is 12.3 Å². The molecular formula is C21H26N2O5S. The minimum Gasteiger partial charge on any atom is -0.373 e. The summed E-state index contributed by atoms with van der Waals surface area (Å²) >= 11 is 0. The van der Waals surface area contributed by atoms with Gasteiger partial charge in [-0.2, -0.15) is 0 Å². The second-order valence-corrected chi connectivity index (χ2v) is 9.42. The number of benzene rings is 2. The summed E-state index contributed by atoms with van der Waals surface area (Å²) in [4.78, 5) is 26.1. The average Bonchev–Trinajstić information content (AvgIpc) is 2.93. The number of hydrogen-bond donors (Lipinski definition) is 2. The third-order valence-corrected chi connectivity index (χ3v) is 7.81. The number of nitrogens with zero attached hydrogens (tertiary/aromatic N) is 1. The number of nitrogens with two attached hydrogens (primary N) is 1. The minimum atomic E-state index is -4.12. The Morgan fingerprint density at radius 1 is 1.17 bits per heavy atom. The molecule has 2 unspecified atom stereocenters. The Kier molecular flexibility index (Phi) is 5.95.